The molecule has 0 aliphatic carbocycles. The summed E-state index contributed by atoms with van der Waals surface area (Å²) in [7, 11) is 2.77. The average Bonchev–Trinajstić information content (AvgIpc) is 2.67. The third-order valence-corrected chi connectivity index (χ3v) is 3.72. The predicted molar refractivity (Wildman–Crippen MR) is 82.8 cm³/mol. The van der Waals surface area contributed by atoms with Crippen LogP contribution >= 0.6 is 0 Å². The van der Waals surface area contributed by atoms with Gasteiger partial charge in [0, 0.05) is 14.2 Å². The fourth-order valence-corrected chi connectivity index (χ4v) is 2.32. The van der Waals surface area contributed by atoms with Crippen molar-refractivity contribution in [2.24, 2.45) is 0 Å². The van der Waals surface area contributed by atoms with Gasteiger partial charge in [0.2, 0.25) is 11.6 Å². The van der Waals surface area contributed by atoms with E-state index in [2.05, 4.69) is 0 Å². The molecule has 0 radical (unpaired) electrons. The summed E-state index contributed by atoms with van der Waals surface area (Å²) in [5.41, 5.74) is 0. The Morgan fingerprint density at radius 2 is 1.29 bits per heavy atom. The molecular weight excluding hydrogens is 320 g/mol. The maximum absolute atomic E-state index is 12.6. The van der Waals surface area contributed by atoms with E-state index >= 15 is 0 Å². The van der Waals surface area contributed by atoms with Gasteiger partial charge >= 0.3 is 11.9 Å². The molecule has 1 saturated heterocycles. The zero-order valence-corrected chi connectivity index (χ0v) is 15.6. The van der Waals surface area contributed by atoms with Crippen molar-refractivity contribution in [3.8, 4) is 0 Å². The molecule has 0 unspecified atom stereocenters. The highest BCUT2D eigenvalue weighted by Crippen LogP contribution is 2.47. The second-order valence-electron chi connectivity index (χ2n) is 6.43. The number of rotatable bonds is 7. The Morgan fingerprint density at radius 1 is 0.875 bits per heavy atom. The Morgan fingerprint density at radius 3 is 1.62 bits per heavy atom. The van der Waals surface area contributed by atoms with Gasteiger partial charge in [0.25, 0.3) is 5.79 Å². The van der Waals surface area contributed by atoms with Crippen LogP contribution in [0.1, 0.15) is 48.0 Å². The summed E-state index contributed by atoms with van der Waals surface area (Å²) in [5.74, 6) is -6.40. The van der Waals surface area contributed by atoms with Gasteiger partial charge in [-0.25, -0.2) is 4.79 Å². The minimum atomic E-state index is -2.02. The lowest BCUT2D eigenvalue weighted by Crippen LogP contribution is -2.50. The molecule has 24 heavy (non-hydrogen) atoms. The SMILES string of the molecule is CO[C@]1(C)OC(CC(=O)OC(C)C)(C(=O)OC(C)C)O[C@@]1(C)OC. The first kappa shape index (κ1) is 20.8. The summed E-state index contributed by atoms with van der Waals surface area (Å²) in [6, 6.07) is 0. The first-order valence-electron chi connectivity index (χ1n) is 7.85. The van der Waals surface area contributed by atoms with Gasteiger partial charge in [-0.05, 0) is 41.5 Å². The van der Waals surface area contributed by atoms with Crippen molar-refractivity contribution in [3.05, 3.63) is 0 Å². The van der Waals surface area contributed by atoms with E-state index in [4.69, 9.17) is 28.4 Å². The van der Waals surface area contributed by atoms with Gasteiger partial charge < -0.3 is 28.4 Å². The molecule has 0 aromatic carbocycles. The van der Waals surface area contributed by atoms with Crippen LogP contribution in [0, 0.1) is 0 Å². The predicted octanol–water partition coefficient (Wildman–Crippen LogP) is 1.75. The molecule has 0 spiro atoms. The summed E-state index contributed by atoms with van der Waals surface area (Å²) in [6.45, 7) is 9.86. The van der Waals surface area contributed by atoms with Crippen molar-refractivity contribution in [2.45, 2.75) is 77.5 Å². The van der Waals surface area contributed by atoms with Crippen LogP contribution in [0.4, 0.5) is 0 Å². The molecule has 0 aromatic rings. The maximum atomic E-state index is 12.6. The summed E-state index contributed by atoms with van der Waals surface area (Å²) in [5, 5.41) is 0. The van der Waals surface area contributed by atoms with Crippen molar-refractivity contribution < 1.29 is 38.0 Å². The molecule has 0 N–H and O–H groups in total. The van der Waals surface area contributed by atoms with Crippen LogP contribution in [0.3, 0.4) is 0 Å². The number of methoxy groups -OCH3 is 2. The Balaban J connectivity index is 3.21. The number of ether oxygens (including phenoxy) is 6. The van der Waals surface area contributed by atoms with Crippen LogP contribution in [0.5, 0.6) is 0 Å². The molecule has 0 amide bonds. The zero-order chi connectivity index (χ0) is 18.8. The molecule has 0 saturated carbocycles. The fraction of sp³-hybridized carbons (Fsp3) is 0.875. The quantitative estimate of drug-likeness (QED) is 0.643. The van der Waals surface area contributed by atoms with Gasteiger partial charge in [-0.2, -0.15) is 0 Å². The Labute approximate surface area is 142 Å². The third-order valence-electron chi connectivity index (χ3n) is 3.72. The van der Waals surface area contributed by atoms with E-state index in [1.54, 1.807) is 41.5 Å². The third kappa shape index (κ3) is 4.05. The lowest BCUT2D eigenvalue weighted by atomic mass is 10.1. The number of hydrogen-bond donors (Lipinski definition) is 0. The largest absolute Gasteiger partial charge is 0.463 e. The highest BCUT2D eigenvalue weighted by Gasteiger charge is 2.68. The van der Waals surface area contributed by atoms with E-state index in [0.29, 0.717) is 0 Å². The minimum Gasteiger partial charge on any atom is -0.463 e. The summed E-state index contributed by atoms with van der Waals surface area (Å²) < 4.78 is 32.5. The minimum absolute atomic E-state index is 0.348. The molecule has 0 bridgehead atoms. The van der Waals surface area contributed by atoms with Crippen LogP contribution < -0.4 is 0 Å². The second kappa shape index (κ2) is 7.35. The van der Waals surface area contributed by atoms with E-state index in [-0.39, 0.29) is 6.10 Å². The normalized spacial score (nSPS) is 29.1. The van der Waals surface area contributed by atoms with E-state index < -0.39 is 41.8 Å². The Hall–Kier alpha value is -1.22. The molecule has 8 heteroatoms. The maximum Gasteiger partial charge on any atom is 0.367 e. The monoisotopic (exact) mass is 348 g/mol. The van der Waals surface area contributed by atoms with Gasteiger partial charge in [-0.3, -0.25) is 4.79 Å². The van der Waals surface area contributed by atoms with Gasteiger partial charge in [-0.15, -0.1) is 0 Å². The van der Waals surface area contributed by atoms with Crippen LogP contribution in [-0.2, 0) is 38.0 Å². The van der Waals surface area contributed by atoms with Crippen molar-refractivity contribution in [3.63, 3.8) is 0 Å². The van der Waals surface area contributed by atoms with Crippen molar-refractivity contribution in [1.82, 2.24) is 0 Å². The van der Waals surface area contributed by atoms with E-state index in [0.717, 1.165) is 0 Å². The molecule has 140 valence electrons. The number of esters is 2. The van der Waals surface area contributed by atoms with E-state index in [9.17, 15) is 9.59 Å². The number of carbonyl (C=O) groups excluding carboxylic acids is 2. The van der Waals surface area contributed by atoms with Gasteiger partial charge in [0.15, 0.2) is 0 Å². The zero-order valence-electron chi connectivity index (χ0n) is 15.6. The molecule has 1 fully saturated rings. The molecule has 1 rings (SSSR count). The average molecular weight is 348 g/mol. The smallest absolute Gasteiger partial charge is 0.367 e. The van der Waals surface area contributed by atoms with Crippen molar-refractivity contribution >= 4 is 11.9 Å². The van der Waals surface area contributed by atoms with E-state index in [1.807, 2.05) is 0 Å². The van der Waals surface area contributed by atoms with Crippen molar-refractivity contribution in [1.29, 1.82) is 0 Å². The topological polar surface area (TPSA) is 89.5 Å². The molecular formula is C16H28O8. The highest BCUT2D eigenvalue weighted by atomic mass is 16.9. The number of hydrogen-bond acceptors (Lipinski definition) is 8. The van der Waals surface area contributed by atoms with Gasteiger partial charge in [-0.1, -0.05) is 0 Å². The van der Waals surface area contributed by atoms with Crippen molar-refractivity contribution in [2.75, 3.05) is 14.2 Å². The standard InChI is InChI=1S/C16H28O8/c1-10(2)21-12(17)9-16(13(18)22-11(3)4)23-14(5,19-7)15(6,20-8)24-16/h10-11H,9H2,1-8H3/t14-,15-/m1/s1. The molecule has 8 nitrogen and oxygen atoms in total. The van der Waals surface area contributed by atoms with Crippen LogP contribution in [0.2, 0.25) is 0 Å². The highest BCUT2D eigenvalue weighted by molar-refractivity contribution is 5.85. The molecule has 1 heterocycles. The Bertz CT molecular complexity index is 457. The van der Waals surface area contributed by atoms with Crippen LogP contribution in [0.25, 0.3) is 0 Å². The van der Waals surface area contributed by atoms with Gasteiger partial charge in [0.05, 0.1) is 12.2 Å². The molecule has 1 aliphatic heterocycles. The second-order valence-corrected chi connectivity index (χ2v) is 6.43. The summed E-state index contributed by atoms with van der Waals surface area (Å²) in [4.78, 5) is 24.7. The first-order chi connectivity index (χ1) is 10.9. The molecule has 0 aromatic heterocycles. The van der Waals surface area contributed by atoms with E-state index in [1.165, 1.54) is 14.2 Å². The van der Waals surface area contributed by atoms with Gasteiger partial charge in [0.1, 0.15) is 6.42 Å². The first-order valence-corrected chi connectivity index (χ1v) is 7.85. The van der Waals surface area contributed by atoms with Crippen LogP contribution in [0.15, 0.2) is 0 Å². The summed E-state index contributed by atoms with van der Waals surface area (Å²) in [6.07, 6.45) is -1.26. The Kier molecular flexibility index (Phi) is 6.37. The van der Waals surface area contributed by atoms with Crippen LogP contribution in [-0.4, -0.2) is 55.7 Å². The molecule has 2 atom stereocenters. The lowest BCUT2D eigenvalue weighted by molar-refractivity contribution is -0.296. The lowest BCUT2D eigenvalue weighted by Gasteiger charge is -2.33. The number of carbonyl (C=O) groups is 2. The molecule has 1 aliphatic rings. The summed E-state index contributed by atoms with van der Waals surface area (Å²) >= 11 is 0. The fourth-order valence-electron chi connectivity index (χ4n) is 2.32.